The molecule has 0 radical (unpaired) electrons. The summed E-state index contributed by atoms with van der Waals surface area (Å²) in [6, 6.07) is 0. The van der Waals surface area contributed by atoms with E-state index >= 15 is 0 Å². The quantitative estimate of drug-likeness (QED) is 0.837. The van der Waals surface area contributed by atoms with Crippen molar-refractivity contribution in [2.45, 2.75) is 71.1 Å². The zero-order chi connectivity index (χ0) is 14.5. The molecule has 2 aliphatic rings. The zero-order valence-electron chi connectivity index (χ0n) is 13.6. The molecule has 3 nitrogen and oxygen atoms in total. The molecule has 19 heavy (non-hydrogen) atoms. The first-order valence-corrected chi connectivity index (χ1v) is 7.77. The molecule has 0 aromatic heterocycles. The zero-order valence-corrected chi connectivity index (χ0v) is 13.6. The normalized spacial score (nSPS) is 42.5. The third-order valence-corrected chi connectivity index (χ3v) is 5.18. The second kappa shape index (κ2) is 4.71. The van der Waals surface area contributed by atoms with E-state index in [0.717, 1.165) is 31.3 Å². The lowest BCUT2D eigenvalue weighted by Gasteiger charge is -2.51. The average molecular weight is 268 g/mol. The number of ether oxygens (including phenoxy) is 1. The molecule has 0 amide bonds. The summed E-state index contributed by atoms with van der Waals surface area (Å²) in [7, 11) is 0. The van der Waals surface area contributed by atoms with Gasteiger partial charge in [0.25, 0.3) is 0 Å². The smallest absolute Gasteiger partial charge is 0.0830 e. The van der Waals surface area contributed by atoms with Crippen LogP contribution in [0.3, 0.4) is 0 Å². The molecule has 2 rings (SSSR count). The van der Waals surface area contributed by atoms with Crippen molar-refractivity contribution in [2.75, 3.05) is 19.6 Å². The van der Waals surface area contributed by atoms with Crippen LogP contribution in [0.2, 0.25) is 0 Å². The Balaban J connectivity index is 2.32. The number of rotatable bonds is 2. The number of nitrogens with two attached hydrogens (primary N) is 1. The van der Waals surface area contributed by atoms with Crippen molar-refractivity contribution in [3.8, 4) is 0 Å². The maximum Gasteiger partial charge on any atom is 0.0830 e. The van der Waals surface area contributed by atoms with E-state index in [1.54, 1.807) is 0 Å². The van der Waals surface area contributed by atoms with Crippen LogP contribution in [0.1, 0.15) is 54.4 Å². The van der Waals surface area contributed by atoms with Gasteiger partial charge in [-0.3, -0.25) is 4.90 Å². The van der Waals surface area contributed by atoms with Gasteiger partial charge >= 0.3 is 0 Å². The summed E-state index contributed by atoms with van der Waals surface area (Å²) in [5.41, 5.74) is 6.00. The monoisotopic (exact) mass is 268 g/mol. The molecule has 3 atom stereocenters. The predicted octanol–water partition coefficient (Wildman–Crippen LogP) is 2.64. The van der Waals surface area contributed by atoms with Crippen molar-refractivity contribution in [1.29, 1.82) is 0 Å². The van der Waals surface area contributed by atoms with Gasteiger partial charge in [-0.2, -0.15) is 0 Å². The van der Waals surface area contributed by atoms with Crippen molar-refractivity contribution in [1.82, 2.24) is 4.90 Å². The topological polar surface area (TPSA) is 38.5 Å². The minimum atomic E-state index is -0.179. The van der Waals surface area contributed by atoms with E-state index in [-0.39, 0.29) is 16.7 Å². The van der Waals surface area contributed by atoms with Gasteiger partial charge < -0.3 is 10.5 Å². The Labute approximate surface area is 118 Å². The Morgan fingerprint density at radius 3 is 2.00 bits per heavy atom. The highest BCUT2D eigenvalue weighted by atomic mass is 16.5. The lowest BCUT2D eigenvalue weighted by Crippen LogP contribution is -2.66. The molecule has 2 fully saturated rings. The van der Waals surface area contributed by atoms with E-state index in [0.29, 0.717) is 6.54 Å². The van der Waals surface area contributed by atoms with Crippen LogP contribution in [0.25, 0.3) is 0 Å². The van der Waals surface area contributed by atoms with Gasteiger partial charge in [0.15, 0.2) is 0 Å². The van der Waals surface area contributed by atoms with Gasteiger partial charge in [0.1, 0.15) is 0 Å². The summed E-state index contributed by atoms with van der Waals surface area (Å²) in [6.45, 7) is 16.6. The van der Waals surface area contributed by atoms with Gasteiger partial charge in [-0.05, 0) is 52.4 Å². The first kappa shape index (κ1) is 15.3. The summed E-state index contributed by atoms with van der Waals surface area (Å²) in [6.07, 6.45) is 2.37. The van der Waals surface area contributed by atoms with Crippen LogP contribution in [0.15, 0.2) is 0 Å². The molecule has 0 bridgehead atoms. The fraction of sp³-hybridized carbons (Fsp3) is 1.00. The summed E-state index contributed by atoms with van der Waals surface area (Å²) >= 11 is 0. The van der Waals surface area contributed by atoms with Crippen LogP contribution in [0.5, 0.6) is 0 Å². The molecule has 2 aliphatic heterocycles. The van der Waals surface area contributed by atoms with E-state index in [4.69, 9.17) is 10.5 Å². The van der Waals surface area contributed by atoms with Gasteiger partial charge in [0, 0.05) is 19.6 Å². The van der Waals surface area contributed by atoms with Crippen LogP contribution >= 0.6 is 0 Å². The van der Waals surface area contributed by atoms with Crippen LogP contribution in [0.4, 0.5) is 0 Å². The standard InChI is InChI=1S/C16H32N2O/c1-12-7-13(2)9-18(8-12)16(11-17)10-14(3,4)19-15(16,5)6/h12-13H,7-11,17H2,1-6H3. The number of likely N-dealkylation sites (tertiary alicyclic amines) is 1. The highest BCUT2D eigenvalue weighted by molar-refractivity contribution is 5.13. The summed E-state index contributed by atoms with van der Waals surface area (Å²) < 4.78 is 6.35. The fourth-order valence-electron chi connectivity index (χ4n) is 4.69. The van der Waals surface area contributed by atoms with Gasteiger partial charge in [-0.1, -0.05) is 13.8 Å². The van der Waals surface area contributed by atoms with E-state index in [1.165, 1.54) is 6.42 Å². The SMILES string of the molecule is CC1CC(C)CN(C2(CN)CC(C)(C)OC2(C)C)C1. The van der Waals surface area contributed by atoms with Crippen LogP contribution < -0.4 is 5.73 Å². The molecule has 0 aliphatic carbocycles. The maximum absolute atomic E-state index is 6.35. The van der Waals surface area contributed by atoms with Gasteiger partial charge in [0.2, 0.25) is 0 Å². The van der Waals surface area contributed by atoms with Crippen molar-refractivity contribution in [3.05, 3.63) is 0 Å². The second-order valence-corrected chi connectivity index (χ2v) is 8.14. The summed E-state index contributed by atoms with van der Waals surface area (Å²) in [5.74, 6) is 1.51. The maximum atomic E-state index is 6.35. The minimum Gasteiger partial charge on any atom is -0.368 e. The number of hydrogen-bond donors (Lipinski definition) is 1. The van der Waals surface area contributed by atoms with Crippen LogP contribution in [-0.2, 0) is 4.74 Å². The second-order valence-electron chi connectivity index (χ2n) is 8.14. The number of nitrogens with zero attached hydrogens (tertiary/aromatic N) is 1. The first-order valence-electron chi connectivity index (χ1n) is 7.77. The summed E-state index contributed by atoms with van der Waals surface area (Å²) in [4.78, 5) is 2.64. The molecule has 2 N–H and O–H groups in total. The Hall–Kier alpha value is -0.120. The van der Waals surface area contributed by atoms with E-state index in [9.17, 15) is 0 Å². The number of piperidine rings is 1. The molecular weight excluding hydrogens is 236 g/mol. The van der Waals surface area contributed by atoms with Crippen molar-refractivity contribution >= 4 is 0 Å². The molecule has 0 saturated carbocycles. The van der Waals surface area contributed by atoms with E-state index < -0.39 is 0 Å². The third kappa shape index (κ3) is 2.57. The lowest BCUT2D eigenvalue weighted by molar-refractivity contribution is -0.112. The Kier molecular flexibility index (Phi) is 3.79. The van der Waals surface area contributed by atoms with E-state index in [2.05, 4.69) is 46.4 Å². The first-order chi connectivity index (χ1) is 8.62. The van der Waals surface area contributed by atoms with Gasteiger partial charge in [-0.15, -0.1) is 0 Å². The molecule has 2 saturated heterocycles. The third-order valence-electron chi connectivity index (χ3n) is 5.18. The fourth-order valence-corrected chi connectivity index (χ4v) is 4.69. The Bertz CT molecular complexity index is 330. The van der Waals surface area contributed by atoms with Crippen LogP contribution in [0, 0.1) is 11.8 Å². The Morgan fingerprint density at radius 2 is 1.63 bits per heavy atom. The molecule has 3 heteroatoms. The molecule has 112 valence electrons. The number of hydrogen-bond acceptors (Lipinski definition) is 3. The molecular formula is C16H32N2O. The van der Waals surface area contributed by atoms with Gasteiger partial charge in [0.05, 0.1) is 16.7 Å². The molecule has 2 heterocycles. The highest BCUT2D eigenvalue weighted by Gasteiger charge is 2.59. The predicted molar refractivity (Wildman–Crippen MR) is 80.2 cm³/mol. The highest BCUT2D eigenvalue weighted by Crippen LogP contribution is 2.49. The van der Waals surface area contributed by atoms with Gasteiger partial charge in [-0.25, -0.2) is 0 Å². The van der Waals surface area contributed by atoms with E-state index in [1.807, 2.05) is 0 Å². The molecule has 0 aromatic carbocycles. The largest absolute Gasteiger partial charge is 0.368 e. The lowest BCUT2D eigenvalue weighted by atomic mass is 9.75. The van der Waals surface area contributed by atoms with Crippen LogP contribution in [-0.4, -0.2) is 41.3 Å². The Morgan fingerprint density at radius 1 is 1.11 bits per heavy atom. The van der Waals surface area contributed by atoms with Crippen molar-refractivity contribution in [2.24, 2.45) is 17.6 Å². The van der Waals surface area contributed by atoms with Crippen molar-refractivity contribution < 1.29 is 4.74 Å². The minimum absolute atomic E-state index is 0.0144. The molecule has 0 aromatic rings. The molecule has 0 spiro atoms. The molecule has 3 unspecified atom stereocenters. The van der Waals surface area contributed by atoms with Crippen molar-refractivity contribution in [3.63, 3.8) is 0 Å². The average Bonchev–Trinajstić information content (AvgIpc) is 2.42. The summed E-state index contributed by atoms with van der Waals surface area (Å²) in [5, 5.41) is 0.